The Morgan fingerprint density at radius 2 is 2.28 bits per heavy atom. The van der Waals surface area contributed by atoms with Crippen molar-refractivity contribution in [2.45, 2.75) is 26.8 Å². The van der Waals surface area contributed by atoms with Crippen LogP contribution in [0.25, 0.3) is 10.9 Å². The summed E-state index contributed by atoms with van der Waals surface area (Å²) in [5.41, 5.74) is 1.29. The largest absolute Gasteiger partial charge is 0.461 e. The summed E-state index contributed by atoms with van der Waals surface area (Å²) >= 11 is 6.12. The van der Waals surface area contributed by atoms with E-state index in [1.807, 2.05) is 24.5 Å². The van der Waals surface area contributed by atoms with Crippen LogP contribution in [-0.2, 0) is 4.74 Å². The third-order valence-corrected chi connectivity index (χ3v) is 2.98. The molecule has 2 aromatic heterocycles. The van der Waals surface area contributed by atoms with E-state index in [2.05, 4.69) is 4.98 Å². The van der Waals surface area contributed by atoms with Gasteiger partial charge in [-0.2, -0.15) is 0 Å². The van der Waals surface area contributed by atoms with Crippen LogP contribution in [0, 0.1) is 0 Å². The number of aromatic nitrogens is 2. The van der Waals surface area contributed by atoms with Crippen LogP contribution in [0.2, 0.25) is 5.15 Å². The van der Waals surface area contributed by atoms with Crippen LogP contribution in [0.5, 0.6) is 0 Å². The molecule has 0 amide bonds. The molecule has 0 aliphatic heterocycles. The average Bonchev–Trinajstić information content (AvgIpc) is 2.70. The van der Waals surface area contributed by atoms with Gasteiger partial charge < -0.3 is 9.30 Å². The second kappa shape index (κ2) is 4.98. The molecule has 18 heavy (non-hydrogen) atoms. The van der Waals surface area contributed by atoms with Crippen LogP contribution in [0.1, 0.15) is 37.3 Å². The highest BCUT2D eigenvalue weighted by Gasteiger charge is 2.20. The highest BCUT2D eigenvalue weighted by atomic mass is 35.5. The van der Waals surface area contributed by atoms with Gasteiger partial charge >= 0.3 is 5.97 Å². The SMILES string of the molecule is CCOC(=O)c1cc2ccnc(Cl)c2n1C(C)C. The predicted molar refractivity (Wildman–Crippen MR) is 71.1 cm³/mol. The Kier molecular flexibility index (Phi) is 3.57. The lowest BCUT2D eigenvalue weighted by Gasteiger charge is -2.14. The summed E-state index contributed by atoms with van der Waals surface area (Å²) < 4.78 is 6.93. The highest BCUT2D eigenvalue weighted by Crippen LogP contribution is 2.28. The van der Waals surface area contributed by atoms with Gasteiger partial charge in [0.05, 0.1) is 12.1 Å². The first-order valence-electron chi connectivity index (χ1n) is 5.88. The van der Waals surface area contributed by atoms with Gasteiger partial charge in [-0.1, -0.05) is 11.6 Å². The molecule has 0 saturated heterocycles. The van der Waals surface area contributed by atoms with Crippen molar-refractivity contribution in [1.29, 1.82) is 0 Å². The molecule has 0 aromatic carbocycles. The van der Waals surface area contributed by atoms with Crippen molar-refractivity contribution in [3.8, 4) is 0 Å². The Balaban J connectivity index is 2.70. The van der Waals surface area contributed by atoms with E-state index in [0.717, 1.165) is 10.9 Å². The molecule has 0 atom stereocenters. The molecular formula is C13H15ClN2O2. The van der Waals surface area contributed by atoms with E-state index in [1.165, 1.54) is 0 Å². The molecule has 0 unspecified atom stereocenters. The van der Waals surface area contributed by atoms with Gasteiger partial charge in [-0.25, -0.2) is 9.78 Å². The molecule has 5 heteroatoms. The zero-order valence-electron chi connectivity index (χ0n) is 10.6. The van der Waals surface area contributed by atoms with Crippen LogP contribution < -0.4 is 0 Å². The van der Waals surface area contributed by atoms with Gasteiger partial charge in [-0.15, -0.1) is 0 Å². The first kappa shape index (κ1) is 12.9. The quantitative estimate of drug-likeness (QED) is 0.631. The highest BCUT2D eigenvalue weighted by molar-refractivity contribution is 6.34. The van der Waals surface area contributed by atoms with E-state index in [9.17, 15) is 4.79 Å². The zero-order valence-corrected chi connectivity index (χ0v) is 11.4. The van der Waals surface area contributed by atoms with Crippen molar-refractivity contribution >= 4 is 28.5 Å². The molecule has 2 aromatic rings. The minimum atomic E-state index is -0.335. The summed E-state index contributed by atoms with van der Waals surface area (Å²) in [5, 5.41) is 1.29. The molecule has 2 rings (SSSR count). The summed E-state index contributed by atoms with van der Waals surface area (Å²) in [4.78, 5) is 16.0. The monoisotopic (exact) mass is 266 g/mol. The van der Waals surface area contributed by atoms with Crippen molar-refractivity contribution in [3.63, 3.8) is 0 Å². The Hall–Kier alpha value is -1.55. The van der Waals surface area contributed by atoms with Crippen LogP contribution >= 0.6 is 11.6 Å². The van der Waals surface area contributed by atoms with Crippen LogP contribution in [-0.4, -0.2) is 22.1 Å². The Morgan fingerprint density at radius 3 is 2.89 bits per heavy atom. The number of fused-ring (bicyclic) bond motifs is 1. The van der Waals surface area contributed by atoms with Gasteiger partial charge in [0, 0.05) is 17.6 Å². The average molecular weight is 267 g/mol. The van der Waals surface area contributed by atoms with Crippen molar-refractivity contribution in [2.75, 3.05) is 6.61 Å². The fourth-order valence-corrected chi connectivity index (χ4v) is 2.29. The normalized spacial score (nSPS) is 11.2. The number of hydrogen-bond donors (Lipinski definition) is 0. The standard InChI is InChI=1S/C13H15ClN2O2/c1-4-18-13(17)10-7-9-5-6-15-12(14)11(9)16(10)8(2)3/h5-8H,4H2,1-3H3. The van der Waals surface area contributed by atoms with Crippen LogP contribution in [0.4, 0.5) is 0 Å². The fraction of sp³-hybridized carbons (Fsp3) is 0.385. The number of hydrogen-bond acceptors (Lipinski definition) is 3. The molecule has 0 radical (unpaired) electrons. The van der Waals surface area contributed by atoms with Gasteiger partial charge in [-0.05, 0) is 32.9 Å². The van der Waals surface area contributed by atoms with E-state index < -0.39 is 0 Å². The van der Waals surface area contributed by atoms with Gasteiger partial charge in [0.1, 0.15) is 5.69 Å². The van der Waals surface area contributed by atoms with E-state index in [0.29, 0.717) is 17.5 Å². The van der Waals surface area contributed by atoms with Crippen LogP contribution in [0.15, 0.2) is 18.3 Å². The molecule has 0 fully saturated rings. The molecular weight excluding hydrogens is 252 g/mol. The summed E-state index contributed by atoms with van der Waals surface area (Å²) in [6.45, 7) is 6.12. The number of carbonyl (C=O) groups is 1. The lowest BCUT2D eigenvalue weighted by Crippen LogP contribution is -2.13. The third kappa shape index (κ3) is 2.08. The van der Waals surface area contributed by atoms with Gasteiger partial charge in [-0.3, -0.25) is 0 Å². The van der Waals surface area contributed by atoms with Gasteiger partial charge in [0.2, 0.25) is 0 Å². The Labute approximate surface area is 111 Å². The number of esters is 1. The van der Waals surface area contributed by atoms with E-state index in [1.54, 1.807) is 19.2 Å². The number of nitrogens with zero attached hydrogens (tertiary/aromatic N) is 2. The molecule has 0 bridgehead atoms. The summed E-state index contributed by atoms with van der Waals surface area (Å²) in [6.07, 6.45) is 1.63. The smallest absolute Gasteiger partial charge is 0.354 e. The summed E-state index contributed by atoms with van der Waals surface area (Å²) in [5.74, 6) is -0.335. The second-order valence-corrected chi connectivity index (χ2v) is 4.61. The maximum absolute atomic E-state index is 11.9. The van der Waals surface area contributed by atoms with E-state index in [4.69, 9.17) is 16.3 Å². The molecule has 0 aliphatic rings. The summed E-state index contributed by atoms with van der Waals surface area (Å²) in [7, 11) is 0. The number of ether oxygens (including phenoxy) is 1. The van der Waals surface area contributed by atoms with Gasteiger partial charge in [0.25, 0.3) is 0 Å². The third-order valence-electron chi connectivity index (χ3n) is 2.70. The molecule has 0 N–H and O–H groups in total. The predicted octanol–water partition coefficient (Wildman–Crippen LogP) is 3.45. The second-order valence-electron chi connectivity index (χ2n) is 4.25. The first-order valence-corrected chi connectivity index (χ1v) is 6.26. The number of pyridine rings is 1. The van der Waals surface area contributed by atoms with Gasteiger partial charge in [0.15, 0.2) is 5.15 Å². The van der Waals surface area contributed by atoms with Crippen molar-refractivity contribution < 1.29 is 9.53 Å². The minimum absolute atomic E-state index is 0.101. The van der Waals surface area contributed by atoms with Crippen molar-refractivity contribution in [3.05, 3.63) is 29.2 Å². The van der Waals surface area contributed by atoms with Crippen LogP contribution in [0.3, 0.4) is 0 Å². The summed E-state index contributed by atoms with van der Waals surface area (Å²) in [6, 6.07) is 3.73. The number of halogens is 1. The lowest BCUT2D eigenvalue weighted by molar-refractivity contribution is 0.0513. The lowest BCUT2D eigenvalue weighted by atomic mass is 10.3. The van der Waals surface area contributed by atoms with Crippen molar-refractivity contribution in [2.24, 2.45) is 0 Å². The Morgan fingerprint density at radius 1 is 1.56 bits per heavy atom. The molecule has 2 heterocycles. The number of rotatable bonds is 3. The van der Waals surface area contributed by atoms with E-state index >= 15 is 0 Å². The molecule has 4 nitrogen and oxygen atoms in total. The minimum Gasteiger partial charge on any atom is -0.461 e. The molecule has 0 aliphatic carbocycles. The molecule has 0 saturated carbocycles. The number of carbonyl (C=O) groups excluding carboxylic acids is 1. The van der Waals surface area contributed by atoms with Crippen molar-refractivity contribution in [1.82, 2.24) is 9.55 Å². The first-order chi connectivity index (χ1) is 8.56. The Bertz CT molecular complexity index is 590. The topological polar surface area (TPSA) is 44.1 Å². The maximum atomic E-state index is 11.9. The maximum Gasteiger partial charge on any atom is 0.354 e. The molecule has 0 spiro atoms. The molecule has 96 valence electrons. The van der Waals surface area contributed by atoms with E-state index in [-0.39, 0.29) is 12.0 Å². The zero-order chi connectivity index (χ0) is 13.3. The fourth-order valence-electron chi connectivity index (χ4n) is 2.03.